The number of hydrogen-bond acceptors (Lipinski definition) is 4. The Bertz CT molecular complexity index is 500. The highest BCUT2D eigenvalue weighted by molar-refractivity contribution is 7.71. The van der Waals surface area contributed by atoms with Crippen molar-refractivity contribution in [1.82, 2.24) is 14.9 Å². The normalized spacial score (nSPS) is 20.4. The zero-order valence-corrected chi connectivity index (χ0v) is 9.48. The van der Waals surface area contributed by atoms with Crippen molar-refractivity contribution < 1.29 is 0 Å². The van der Waals surface area contributed by atoms with Crippen molar-refractivity contribution in [2.75, 3.05) is 0 Å². The molecule has 0 fully saturated rings. The molecule has 1 aliphatic rings. The lowest BCUT2D eigenvalue weighted by Crippen LogP contribution is -2.19. The van der Waals surface area contributed by atoms with E-state index in [0.717, 1.165) is 30.1 Å². The van der Waals surface area contributed by atoms with E-state index in [1.807, 2.05) is 0 Å². The standard InChI is InChI=1S/C10H12N4OS/c15-9-7-11-13-10(16)14(9)12-6-8-4-2-1-3-5-8/h1-2,6-8H,3-5H2,(H,13,16)/b12-6+. The first-order valence-electron chi connectivity index (χ1n) is 5.13. The molecule has 1 atom stereocenters. The first-order chi connectivity index (χ1) is 7.77. The van der Waals surface area contributed by atoms with Crippen molar-refractivity contribution in [1.29, 1.82) is 0 Å². The van der Waals surface area contributed by atoms with Crippen molar-refractivity contribution in [3.05, 3.63) is 33.5 Å². The molecule has 84 valence electrons. The van der Waals surface area contributed by atoms with Crippen LogP contribution in [0.3, 0.4) is 0 Å². The van der Waals surface area contributed by atoms with Crippen molar-refractivity contribution in [2.24, 2.45) is 11.0 Å². The highest BCUT2D eigenvalue weighted by Crippen LogP contribution is 2.15. The van der Waals surface area contributed by atoms with Gasteiger partial charge in [0.15, 0.2) is 0 Å². The molecule has 0 amide bonds. The minimum atomic E-state index is -0.314. The molecule has 0 saturated carbocycles. The lowest BCUT2D eigenvalue weighted by atomic mass is 9.96. The lowest BCUT2D eigenvalue weighted by molar-refractivity contribution is 0.618. The zero-order chi connectivity index (χ0) is 11.4. The molecule has 0 aromatic carbocycles. The molecule has 1 aromatic heterocycles. The molecule has 16 heavy (non-hydrogen) atoms. The zero-order valence-electron chi connectivity index (χ0n) is 8.67. The van der Waals surface area contributed by atoms with Crippen LogP contribution in [0.15, 0.2) is 28.2 Å². The van der Waals surface area contributed by atoms with Crippen LogP contribution in [0.2, 0.25) is 0 Å². The van der Waals surface area contributed by atoms with Gasteiger partial charge in [0, 0.05) is 6.21 Å². The third-order valence-corrected chi connectivity index (χ3v) is 2.70. The molecule has 0 radical (unpaired) electrons. The Kier molecular flexibility index (Phi) is 3.40. The van der Waals surface area contributed by atoms with Gasteiger partial charge < -0.3 is 0 Å². The van der Waals surface area contributed by atoms with Crippen LogP contribution in [0.1, 0.15) is 19.3 Å². The van der Waals surface area contributed by atoms with E-state index in [0.29, 0.717) is 5.92 Å². The summed E-state index contributed by atoms with van der Waals surface area (Å²) in [7, 11) is 0. The minimum Gasteiger partial charge on any atom is -0.265 e. The Hall–Kier alpha value is -1.56. The van der Waals surface area contributed by atoms with Gasteiger partial charge in [-0.05, 0) is 37.4 Å². The first kappa shape index (κ1) is 10.9. The summed E-state index contributed by atoms with van der Waals surface area (Å²) in [5.74, 6) is 0.388. The number of nitrogens with one attached hydrogen (secondary N) is 1. The van der Waals surface area contributed by atoms with Crippen LogP contribution in [-0.4, -0.2) is 21.1 Å². The molecular weight excluding hydrogens is 224 g/mol. The van der Waals surface area contributed by atoms with Crippen LogP contribution in [0, 0.1) is 10.7 Å². The highest BCUT2D eigenvalue weighted by atomic mass is 32.1. The van der Waals surface area contributed by atoms with Gasteiger partial charge in [-0.1, -0.05) is 12.2 Å². The van der Waals surface area contributed by atoms with Crippen LogP contribution in [0.4, 0.5) is 0 Å². The molecule has 1 aromatic rings. The van der Waals surface area contributed by atoms with E-state index in [1.54, 1.807) is 6.21 Å². The predicted octanol–water partition coefficient (Wildman–Crippen LogP) is 1.49. The molecule has 5 nitrogen and oxygen atoms in total. The van der Waals surface area contributed by atoms with E-state index < -0.39 is 0 Å². The van der Waals surface area contributed by atoms with Gasteiger partial charge in [0.05, 0.1) is 0 Å². The Morgan fingerprint density at radius 3 is 3.19 bits per heavy atom. The quantitative estimate of drug-likeness (QED) is 0.480. The molecule has 1 heterocycles. The second-order valence-electron chi connectivity index (χ2n) is 3.63. The predicted molar refractivity (Wildman–Crippen MR) is 64.1 cm³/mol. The Morgan fingerprint density at radius 1 is 1.62 bits per heavy atom. The summed E-state index contributed by atoms with van der Waals surface area (Å²) >= 11 is 4.92. The molecule has 0 spiro atoms. The van der Waals surface area contributed by atoms with Gasteiger partial charge in [-0.15, -0.1) is 0 Å². The molecule has 1 aliphatic carbocycles. The molecule has 1 unspecified atom stereocenters. The molecular formula is C10H12N4OS. The van der Waals surface area contributed by atoms with Gasteiger partial charge >= 0.3 is 0 Å². The van der Waals surface area contributed by atoms with Gasteiger partial charge in [0.25, 0.3) is 5.56 Å². The smallest absolute Gasteiger partial charge is 0.265 e. The summed E-state index contributed by atoms with van der Waals surface area (Å²) < 4.78 is 1.37. The molecule has 0 aliphatic heterocycles. The van der Waals surface area contributed by atoms with Crippen LogP contribution in [0.25, 0.3) is 0 Å². The van der Waals surface area contributed by atoms with E-state index in [2.05, 4.69) is 27.5 Å². The second kappa shape index (κ2) is 4.98. The third-order valence-electron chi connectivity index (χ3n) is 2.44. The van der Waals surface area contributed by atoms with Crippen LogP contribution in [-0.2, 0) is 0 Å². The lowest BCUT2D eigenvalue weighted by Gasteiger charge is -2.11. The van der Waals surface area contributed by atoms with E-state index >= 15 is 0 Å². The van der Waals surface area contributed by atoms with Crippen LogP contribution < -0.4 is 5.56 Å². The van der Waals surface area contributed by atoms with Crippen LogP contribution in [0.5, 0.6) is 0 Å². The van der Waals surface area contributed by atoms with Crippen molar-refractivity contribution in [3.8, 4) is 0 Å². The molecule has 1 N–H and O–H groups in total. The summed E-state index contributed by atoms with van der Waals surface area (Å²) in [5.41, 5.74) is -0.314. The average Bonchev–Trinajstić information content (AvgIpc) is 2.30. The summed E-state index contributed by atoms with van der Waals surface area (Å²) in [5, 5.41) is 10.2. The Morgan fingerprint density at radius 2 is 2.50 bits per heavy atom. The number of hydrogen-bond donors (Lipinski definition) is 1. The maximum Gasteiger partial charge on any atom is 0.293 e. The summed E-state index contributed by atoms with van der Waals surface area (Å²) in [6.07, 6.45) is 10.3. The average molecular weight is 236 g/mol. The first-order valence-corrected chi connectivity index (χ1v) is 5.54. The van der Waals surface area contributed by atoms with E-state index in [4.69, 9.17) is 12.2 Å². The highest BCUT2D eigenvalue weighted by Gasteiger charge is 2.06. The fourth-order valence-electron chi connectivity index (χ4n) is 1.57. The maximum absolute atomic E-state index is 11.4. The number of aromatic nitrogens is 3. The van der Waals surface area contributed by atoms with Crippen molar-refractivity contribution in [2.45, 2.75) is 19.3 Å². The summed E-state index contributed by atoms with van der Waals surface area (Å²) in [6, 6.07) is 0. The number of nitrogens with zero attached hydrogens (tertiary/aromatic N) is 3. The van der Waals surface area contributed by atoms with Crippen LogP contribution >= 0.6 is 12.2 Å². The molecule has 2 rings (SSSR count). The SMILES string of the molecule is O=c1cn[nH]c(=S)n1/N=C/C1CC=CCC1. The van der Waals surface area contributed by atoms with E-state index in [1.165, 1.54) is 0 Å². The Balaban J connectivity index is 2.20. The van der Waals surface area contributed by atoms with E-state index in [-0.39, 0.29) is 10.3 Å². The summed E-state index contributed by atoms with van der Waals surface area (Å²) in [4.78, 5) is 11.4. The van der Waals surface area contributed by atoms with Gasteiger partial charge in [-0.3, -0.25) is 9.89 Å². The number of allylic oxidation sites excluding steroid dienone is 2. The third kappa shape index (κ3) is 2.52. The fraction of sp³-hybridized carbons (Fsp3) is 0.400. The molecule has 6 heteroatoms. The summed E-state index contributed by atoms with van der Waals surface area (Å²) in [6.45, 7) is 0. The Labute approximate surface area is 97.5 Å². The maximum atomic E-state index is 11.4. The number of H-pyrrole nitrogens is 1. The minimum absolute atomic E-state index is 0.218. The number of rotatable bonds is 2. The monoisotopic (exact) mass is 236 g/mol. The largest absolute Gasteiger partial charge is 0.293 e. The fourth-order valence-corrected chi connectivity index (χ4v) is 1.76. The van der Waals surface area contributed by atoms with Crippen molar-refractivity contribution >= 4 is 18.4 Å². The number of aromatic amines is 1. The van der Waals surface area contributed by atoms with Gasteiger partial charge in [-0.25, -0.2) is 0 Å². The van der Waals surface area contributed by atoms with Gasteiger partial charge in [0.1, 0.15) is 6.20 Å². The molecule has 0 bridgehead atoms. The van der Waals surface area contributed by atoms with Gasteiger partial charge in [0.2, 0.25) is 4.77 Å². The topological polar surface area (TPSA) is 63.0 Å². The second-order valence-corrected chi connectivity index (χ2v) is 4.02. The molecule has 0 saturated heterocycles. The van der Waals surface area contributed by atoms with Crippen molar-refractivity contribution in [3.63, 3.8) is 0 Å². The van der Waals surface area contributed by atoms with E-state index in [9.17, 15) is 4.79 Å². The van der Waals surface area contributed by atoms with Gasteiger partial charge in [-0.2, -0.15) is 14.9 Å².